The number of phenolic OH excluding ortho intramolecular Hbond substituents is 1. The summed E-state index contributed by atoms with van der Waals surface area (Å²) in [7, 11) is -3.91. The fraction of sp³-hybridized carbons (Fsp3) is 0. The van der Waals surface area contributed by atoms with E-state index in [1.54, 1.807) is 0 Å². The van der Waals surface area contributed by atoms with E-state index in [-0.39, 0.29) is 27.7 Å². The Hall–Kier alpha value is -2.97. The number of nitriles is 1. The number of aromatic hydroxyl groups is 1. The summed E-state index contributed by atoms with van der Waals surface area (Å²) in [4.78, 5) is -0.186. The molecule has 0 atom stereocenters. The maximum absolute atomic E-state index is 11.2. The lowest BCUT2D eigenvalue weighted by molar-refractivity contribution is 0.477. The van der Waals surface area contributed by atoms with Crippen LogP contribution in [0.25, 0.3) is 5.57 Å². The molecular formula is C10H9N7O3S. The first kappa shape index (κ1) is 14.4. The number of allylic oxidation sites excluding steroid dienone is 1. The summed E-state index contributed by atoms with van der Waals surface area (Å²) in [5.74, 6) is -0.170. The molecule has 1 heterocycles. The Labute approximate surface area is 119 Å². The van der Waals surface area contributed by atoms with Crippen molar-refractivity contribution in [1.29, 1.82) is 5.26 Å². The topological polar surface area (TPSA) is 171 Å². The maximum atomic E-state index is 11.2. The number of H-pyrrole nitrogens is 1. The van der Waals surface area contributed by atoms with Crippen LogP contribution in [0.3, 0.4) is 0 Å². The van der Waals surface area contributed by atoms with Gasteiger partial charge in [-0.05, 0) is 23.4 Å². The van der Waals surface area contributed by atoms with Gasteiger partial charge in [0, 0.05) is 6.20 Å². The predicted octanol–water partition coefficient (Wildman–Crippen LogP) is -0.471. The standard InChI is InChI=1S/C10H9N7O3S/c11-4-6(10-14-16-17-15-10)5-13-8-3-7(21(12,19)20)1-2-9(8)18/h1-3,5,13,18H,(H2,12,19,20)(H,14,15,16,17). The van der Waals surface area contributed by atoms with Crippen molar-refractivity contribution < 1.29 is 13.5 Å². The van der Waals surface area contributed by atoms with Crippen LogP contribution in [0.1, 0.15) is 5.82 Å². The Morgan fingerprint density at radius 2 is 2.29 bits per heavy atom. The van der Waals surface area contributed by atoms with Gasteiger partial charge < -0.3 is 10.4 Å². The number of aromatic amines is 1. The first-order valence-corrected chi connectivity index (χ1v) is 6.93. The van der Waals surface area contributed by atoms with E-state index in [9.17, 15) is 13.5 Å². The summed E-state index contributed by atoms with van der Waals surface area (Å²) >= 11 is 0. The lowest BCUT2D eigenvalue weighted by Gasteiger charge is -2.06. The molecule has 0 amide bonds. The van der Waals surface area contributed by atoms with Gasteiger partial charge in [0.15, 0.2) is 0 Å². The molecule has 1 aromatic heterocycles. The van der Waals surface area contributed by atoms with Crippen LogP contribution in [0.2, 0.25) is 0 Å². The normalized spacial score (nSPS) is 11.9. The largest absolute Gasteiger partial charge is 0.506 e. The van der Waals surface area contributed by atoms with E-state index >= 15 is 0 Å². The minimum Gasteiger partial charge on any atom is -0.506 e. The number of benzene rings is 1. The van der Waals surface area contributed by atoms with Gasteiger partial charge in [0.2, 0.25) is 15.8 Å². The number of rotatable bonds is 4. The molecule has 5 N–H and O–H groups in total. The van der Waals surface area contributed by atoms with Crippen LogP contribution in [0, 0.1) is 11.3 Å². The SMILES string of the molecule is N#CC(=CNc1cc(S(N)(=O)=O)ccc1O)c1nn[nH]n1. The molecule has 0 aliphatic heterocycles. The highest BCUT2D eigenvalue weighted by atomic mass is 32.2. The third-order valence-electron chi connectivity index (χ3n) is 2.38. The molecule has 0 bridgehead atoms. The number of hydrogen-bond acceptors (Lipinski definition) is 8. The molecule has 2 rings (SSSR count). The number of nitrogens with one attached hydrogen (secondary N) is 2. The maximum Gasteiger partial charge on any atom is 0.238 e. The quantitative estimate of drug-likeness (QED) is 0.433. The van der Waals surface area contributed by atoms with Crippen molar-refractivity contribution in [2.24, 2.45) is 5.14 Å². The van der Waals surface area contributed by atoms with Gasteiger partial charge in [-0.1, -0.05) is 0 Å². The Bertz CT molecular complexity index is 821. The van der Waals surface area contributed by atoms with Crippen LogP contribution in [0.4, 0.5) is 5.69 Å². The number of nitrogens with two attached hydrogens (primary N) is 1. The molecule has 10 nitrogen and oxygen atoms in total. The van der Waals surface area contributed by atoms with E-state index in [1.807, 2.05) is 6.07 Å². The fourth-order valence-electron chi connectivity index (χ4n) is 1.38. The Balaban J connectivity index is 2.34. The van der Waals surface area contributed by atoms with Gasteiger partial charge in [-0.25, -0.2) is 13.6 Å². The van der Waals surface area contributed by atoms with Crippen LogP contribution >= 0.6 is 0 Å². The molecule has 0 aliphatic carbocycles. The number of nitrogens with zero attached hydrogens (tertiary/aromatic N) is 4. The van der Waals surface area contributed by atoms with Crippen LogP contribution < -0.4 is 10.5 Å². The van der Waals surface area contributed by atoms with Crippen molar-refractivity contribution in [2.45, 2.75) is 4.90 Å². The van der Waals surface area contributed by atoms with Crippen molar-refractivity contribution in [3.05, 3.63) is 30.2 Å². The van der Waals surface area contributed by atoms with E-state index in [0.717, 1.165) is 18.2 Å². The van der Waals surface area contributed by atoms with Crippen molar-refractivity contribution in [3.8, 4) is 11.8 Å². The van der Waals surface area contributed by atoms with Gasteiger partial charge in [-0.3, -0.25) is 0 Å². The van der Waals surface area contributed by atoms with Crippen molar-refractivity contribution in [3.63, 3.8) is 0 Å². The lowest BCUT2D eigenvalue weighted by Crippen LogP contribution is -2.12. The Morgan fingerprint density at radius 1 is 1.52 bits per heavy atom. The monoisotopic (exact) mass is 307 g/mol. The second-order valence-electron chi connectivity index (χ2n) is 3.77. The number of anilines is 1. The molecule has 0 spiro atoms. The highest BCUT2D eigenvalue weighted by Gasteiger charge is 2.11. The molecule has 11 heteroatoms. The van der Waals surface area contributed by atoms with Gasteiger partial charge >= 0.3 is 0 Å². The van der Waals surface area contributed by atoms with E-state index < -0.39 is 10.0 Å². The molecule has 2 aromatic rings. The van der Waals surface area contributed by atoms with Gasteiger partial charge in [0.1, 0.15) is 17.4 Å². The van der Waals surface area contributed by atoms with Gasteiger partial charge in [-0.2, -0.15) is 10.5 Å². The summed E-state index contributed by atoms with van der Waals surface area (Å²) in [5, 5.41) is 39.0. The predicted molar refractivity (Wildman–Crippen MR) is 70.9 cm³/mol. The van der Waals surface area contributed by atoms with Crippen molar-refractivity contribution >= 4 is 21.3 Å². The van der Waals surface area contributed by atoms with E-state index in [4.69, 9.17) is 10.4 Å². The minimum atomic E-state index is -3.91. The van der Waals surface area contributed by atoms with Crippen molar-refractivity contribution in [1.82, 2.24) is 20.6 Å². The zero-order valence-electron chi connectivity index (χ0n) is 10.3. The molecular weight excluding hydrogens is 298 g/mol. The smallest absolute Gasteiger partial charge is 0.238 e. The second kappa shape index (κ2) is 5.57. The average molecular weight is 307 g/mol. The fourth-order valence-corrected chi connectivity index (χ4v) is 1.92. The van der Waals surface area contributed by atoms with Crippen LogP contribution in [0.5, 0.6) is 5.75 Å². The molecule has 21 heavy (non-hydrogen) atoms. The minimum absolute atomic E-state index is 0.0316. The van der Waals surface area contributed by atoms with Crippen LogP contribution in [0.15, 0.2) is 29.3 Å². The average Bonchev–Trinajstić information content (AvgIpc) is 2.94. The van der Waals surface area contributed by atoms with Gasteiger partial charge in [0.05, 0.1) is 10.6 Å². The lowest BCUT2D eigenvalue weighted by atomic mass is 10.2. The molecule has 1 aromatic carbocycles. The van der Waals surface area contributed by atoms with Crippen LogP contribution in [-0.4, -0.2) is 34.1 Å². The first-order valence-electron chi connectivity index (χ1n) is 5.38. The highest BCUT2D eigenvalue weighted by molar-refractivity contribution is 7.89. The summed E-state index contributed by atoms with van der Waals surface area (Å²) in [5.41, 5.74) is 0.0851. The Kier molecular flexibility index (Phi) is 3.83. The van der Waals surface area contributed by atoms with E-state index in [2.05, 4.69) is 25.9 Å². The van der Waals surface area contributed by atoms with E-state index in [1.165, 1.54) is 6.20 Å². The molecule has 0 radical (unpaired) electrons. The summed E-state index contributed by atoms with van der Waals surface area (Å²) in [6.45, 7) is 0. The molecule has 0 fully saturated rings. The first-order chi connectivity index (χ1) is 9.91. The number of hydrogen-bond donors (Lipinski definition) is 4. The number of aromatic nitrogens is 4. The highest BCUT2D eigenvalue weighted by Crippen LogP contribution is 2.26. The summed E-state index contributed by atoms with van der Waals surface area (Å²) in [6, 6.07) is 5.28. The third-order valence-corrected chi connectivity index (χ3v) is 3.29. The molecule has 0 saturated carbocycles. The molecule has 0 aliphatic rings. The molecule has 0 saturated heterocycles. The van der Waals surface area contributed by atoms with Crippen LogP contribution in [-0.2, 0) is 10.0 Å². The van der Waals surface area contributed by atoms with Crippen molar-refractivity contribution in [2.75, 3.05) is 5.32 Å². The molecule has 0 unspecified atom stereocenters. The zero-order valence-corrected chi connectivity index (χ0v) is 11.2. The number of primary sulfonamides is 1. The Morgan fingerprint density at radius 3 is 2.86 bits per heavy atom. The van der Waals surface area contributed by atoms with Gasteiger partial charge in [0.25, 0.3) is 0 Å². The number of tetrazole rings is 1. The molecule has 108 valence electrons. The zero-order chi connectivity index (χ0) is 15.5. The van der Waals surface area contributed by atoms with Gasteiger partial charge in [-0.15, -0.1) is 10.2 Å². The third kappa shape index (κ3) is 3.32. The van der Waals surface area contributed by atoms with E-state index in [0.29, 0.717) is 0 Å². The summed E-state index contributed by atoms with van der Waals surface area (Å²) in [6.07, 6.45) is 1.20. The summed E-state index contributed by atoms with van der Waals surface area (Å²) < 4.78 is 22.5. The number of sulfonamides is 1. The second-order valence-corrected chi connectivity index (χ2v) is 5.33. The number of phenols is 1.